The van der Waals surface area contributed by atoms with Crippen molar-refractivity contribution in [3.8, 4) is 0 Å². The summed E-state index contributed by atoms with van der Waals surface area (Å²) in [5.41, 5.74) is 0.445. The number of ether oxygens (including phenoxy) is 1. The second kappa shape index (κ2) is 6.33. The lowest BCUT2D eigenvalue weighted by Gasteiger charge is -2.21. The zero-order chi connectivity index (χ0) is 13.8. The zero-order valence-corrected chi connectivity index (χ0v) is 12.3. The fourth-order valence-corrected chi connectivity index (χ4v) is 2.48. The normalized spacial score (nSPS) is 18.9. The van der Waals surface area contributed by atoms with Crippen LogP contribution in [-0.2, 0) is 9.53 Å². The summed E-state index contributed by atoms with van der Waals surface area (Å²) in [5.74, 6) is -1.42. The summed E-state index contributed by atoms with van der Waals surface area (Å²) in [6.07, 6.45) is 1.63. The van der Waals surface area contributed by atoms with Gasteiger partial charge in [0.2, 0.25) is 5.91 Å². The van der Waals surface area contributed by atoms with Crippen molar-refractivity contribution in [2.75, 3.05) is 18.5 Å². The van der Waals surface area contributed by atoms with E-state index < -0.39 is 5.97 Å². The van der Waals surface area contributed by atoms with Crippen molar-refractivity contribution in [2.45, 2.75) is 12.8 Å². The van der Waals surface area contributed by atoms with Crippen LogP contribution in [0.3, 0.4) is 0 Å². The van der Waals surface area contributed by atoms with Gasteiger partial charge in [0.1, 0.15) is 0 Å². The number of aromatic carboxylic acids is 1. The summed E-state index contributed by atoms with van der Waals surface area (Å²) in [7, 11) is 0. The van der Waals surface area contributed by atoms with Gasteiger partial charge < -0.3 is 15.2 Å². The number of rotatable bonds is 3. The SMILES string of the molecule is O=C(O)c1cc(I)ccc1NC(=O)C1CCCOC1. The van der Waals surface area contributed by atoms with Crippen molar-refractivity contribution in [1.82, 2.24) is 0 Å². The Labute approximate surface area is 124 Å². The largest absolute Gasteiger partial charge is 0.478 e. The number of carboxylic acid groups (broad SMARTS) is 1. The number of halogens is 1. The maximum atomic E-state index is 12.0. The lowest BCUT2D eigenvalue weighted by Crippen LogP contribution is -2.30. The van der Waals surface area contributed by atoms with E-state index in [1.807, 2.05) is 22.6 Å². The lowest BCUT2D eigenvalue weighted by atomic mass is 10.0. The minimum absolute atomic E-state index is 0.108. The Morgan fingerprint density at radius 2 is 2.21 bits per heavy atom. The molecule has 1 aromatic rings. The first-order valence-electron chi connectivity index (χ1n) is 5.99. The van der Waals surface area contributed by atoms with Gasteiger partial charge in [0.25, 0.3) is 0 Å². The number of carbonyl (C=O) groups is 2. The molecule has 0 bridgehead atoms. The van der Waals surface area contributed by atoms with Crippen LogP contribution in [0.4, 0.5) is 5.69 Å². The van der Waals surface area contributed by atoms with E-state index in [4.69, 9.17) is 9.84 Å². The topological polar surface area (TPSA) is 75.6 Å². The molecule has 0 aromatic heterocycles. The maximum Gasteiger partial charge on any atom is 0.337 e. The molecule has 6 heteroatoms. The van der Waals surface area contributed by atoms with E-state index in [0.29, 0.717) is 18.9 Å². The van der Waals surface area contributed by atoms with Gasteiger partial charge in [0, 0.05) is 10.2 Å². The number of amides is 1. The third-order valence-electron chi connectivity index (χ3n) is 3.00. The Morgan fingerprint density at radius 3 is 2.84 bits per heavy atom. The highest BCUT2D eigenvalue weighted by atomic mass is 127. The van der Waals surface area contributed by atoms with E-state index in [2.05, 4.69) is 5.32 Å². The molecule has 2 rings (SSSR count). The number of hydrogen-bond acceptors (Lipinski definition) is 3. The van der Waals surface area contributed by atoms with Gasteiger partial charge in [-0.2, -0.15) is 0 Å². The Balaban J connectivity index is 2.13. The first-order chi connectivity index (χ1) is 9.08. The Morgan fingerprint density at radius 1 is 1.42 bits per heavy atom. The molecule has 1 heterocycles. The molecule has 1 aliphatic rings. The number of anilines is 1. The first-order valence-corrected chi connectivity index (χ1v) is 7.07. The number of carboxylic acids is 1. The Hall–Kier alpha value is -1.15. The molecule has 5 nitrogen and oxygen atoms in total. The molecule has 1 atom stereocenters. The van der Waals surface area contributed by atoms with Gasteiger partial charge in [0.05, 0.1) is 23.8 Å². The van der Waals surface area contributed by atoms with Gasteiger partial charge in [-0.3, -0.25) is 4.79 Å². The molecule has 19 heavy (non-hydrogen) atoms. The second-order valence-electron chi connectivity index (χ2n) is 4.40. The van der Waals surface area contributed by atoms with Crippen molar-refractivity contribution >= 4 is 40.2 Å². The summed E-state index contributed by atoms with van der Waals surface area (Å²) in [6.45, 7) is 1.09. The average molecular weight is 375 g/mol. The van der Waals surface area contributed by atoms with Gasteiger partial charge in [-0.25, -0.2) is 4.79 Å². The Bertz CT molecular complexity index is 497. The molecule has 1 saturated heterocycles. The minimum Gasteiger partial charge on any atom is -0.478 e. The molecule has 102 valence electrons. The molecule has 1 amide bonds. The molecule has 0 aliphatic carbocycles. The molecular weight excluding hydrogens is 361 g/mol. The zero-order valence-electron chi connectivity index (χ0n) is 10.2. The van der Waals surface area contributed by atoms with Crippen LogP contribution in [0, 0.1) is 9.49 Å². The summed E-state index contributed by atoms with van der Waals surface area (Å²) in [6, 6.07) is 4.92. The van der Waals surface area contributed by atoms with Crippen molar-refractivity contribution < 1.29 is 19.4 Å². The summed E-state index contributed by atoms with van der Waals surface area (Å²) in [5, 5.41) is 11.8. The summed E-state index contributed by atoms with van der Waals surface area (Å²) >= 11 is 2.04. The van der Waals surface area contributed by atoms with E-state index in [-0.39, 0.29) is 17.4 Å². The van der Waals surface area contributed by atoms with Crippen LogP contribution in [0.5, 0.6) is 0 Å². The number of carbonyl (C=O) groups excluding carboxylic acids is 1. The molecular formula is C13H14INO4. The van der Waals surface area contributed by atoms with Crippen molar-refractivity contribution in [3.63, 3.8) is 0 Å². The molecule has 0 radical (unpaired) electrons. The van der Waals surface area contributed by atoms with Crippen LogP contribution < -0.4 is 5.32 Å². The van der Waals surface area contributed by atoms with Crippen LogP contribution >= 0.6 is 22.6 Å². The first kappa shape index (κ1) is 14.3. The van der Waals surface area contributed by atoms with E-state index in [1.165, 1.54) is 6.07 Å². The van der Waals surface area contributed by atoms with Crippen molar-refractivity contribution in [3.05, 3.63) is 27.3 Å². The molecule has 1 fully saturated rings. The third kappa shape index (κ3) is 3.66. The van der Waals surface area contributed by atoms with Gasteiger partial charge >= 0.3 is 5.97 Å². The third-order valence-corrected chi connectivity index (χ3v) is 3.67. The smallest absolute Gasteiger partial charge is 0.337 e. The second-order valence-corrected chi connectivity index (χ2v) is 5.64. The van der Waals surface area contributed by atoms with Crippen molar-refractivity contribution in [1.29, 1.82) is 0 Å². The predicted molar refractivity (Wildman–Crippen MR) is 78.3 cm³/mol. The van der Waals surface area contributed by atoms with Gasteiger partial charge in [0.15, 0.2) is 0 Å². The molecule has 0 spiro atoms. The average Bonchev–Trinajstić information content (AvgIpc) is 2.41. The monoisotopic (exact) mass is 375 g/mol. The standard InChI is InChI=1S/C13H14INO4/c14-9-3-4-11(10(6-9)13(17)18)15-12(16)8-2-1-5-19-7-8/h3-4,6,8H,1-2,5,7H2,(H,15,16)(H,17,18). The minimum atomic E-state index is -1.05. The molecule has 1 unspecified atom stereocenters. The predicted octanol–water partition coefficient (Wildman–Crippen LogP) is 2.35. The van der Waals surface area contributed by atoms with E-state index in [0.717, 1.165) is 16.4 Å². The molecule has 1 aliphatic heterocycles. The Kier molecular flexibility index (Phi) is 4.76. The maximum absolute atomic E-state index is 12.0. The van der Waals surface area contributed by atoms with Gasteiger partial charge in [-0.1, -0.05) is 0 Å². The van der Waals surface area contributed by atoms with E-state index >= 15 is 0 Å². The highest BCUT2D eigenvalue weighted by molar-refractivity contribution is 14.1. The van der Waals surface area contributed by atoms with E-state index in [1.54, 1.807) is 12.1 Å². The quantitative estimate of drug-likeness (QED) is 0.796. The molecule has 2 N–H and O–H groups in total. The lowest BCUT2D eigenvalue weighted by molar-refractivity contribution is -0.123. The highest BCUT2D eigenvalue weighted by Crippen LogP contribution is 2.21. The highest BCUT2D eigenvalue weighted by Gasteiger charge is 2.23. The molecule has 1 aromatic carbocycles. The van der Waals surface area contributed by atoms with Crippen LogP contribution in [0.2, 0.25) is 0 Å². The van der Waals surface area contributed by atoms with Crippen LogP contribution in [0.25, 0.3) is 0 Å². The van der Waals surface area contributed by atoms with E-state index in [9.17, 15) is 9.59 Å². The van der Waals surface area contributed by atoms with Crippen LogP contribution in [0.1, 0.15) is 23.2 Å². The van der Waals surface area contributed by atoms with Crippen molar-refractivity contribution in [2.24, 2.45) is 5.92 Å². The van der Waals surface area contributed by atoms with Gasteiger partial charge in [-0.15, -0.1) is 0 Å². The van der Waals surface area contributed by atoms with Crippen LogP contribution in [0.15, 0.2) is 18.2 Å². The fourth-order valence-electron chi connectivity index (χ4n) is 1.98. The van der Waals surface area contributed by atoms with Crippen LogP contribution in [-0.4, -0.2) is 30.2 Å². The number of benzene rings is 1. The summed E-state index contributed by atoms with van der Waals surface area (Å²) < 4.78 is 6.07. The number of nitrogens with one attached hydrogen (secondary N) is 1. The number of hydrogen-bond donors (Lipinski definition) is 2. The molecule has 0 saturated carbocycles. The van der Waals surface area contributed by atoms with Gasteiger partial charge in [-0.05, 0) is 53.6 Å². The summed E-state index contributed by atoms with van der Waals surface area (Å²) in [4.78, 5) is 23.2. The fraction of sp³-hybridized carbons (Fsp3) is 0.385.